The quantitative estimate of drug-likeness (QED) is 0.255. The van der Waals surface area contributed by atoms with E-state index in [-0.39, 0.29) is 17.2 Å². The summed E-state index contributed by atoms with van der Waals surface area (Å²) in [6, 6.07) is 7.82. The number of phenolic OH excluding ortho intramolecular Hbond substituents is 1. The van der Waals surface area contributed by atoms with E-state index in [9.17, 15) is 20.0 Å². The maximum atomic E-state index is 11.8. The predicted molar refractivity (Wildman–Crippen MR) is 108 cm³/mol. The van der Waals surface area contributed by atoms with Crippen LogP contribution in [0.1, 0.15) is 11.1 Å². The molecule has 136 valence electrons. The van der Waals surface area contributed by atoms with Gasteiger partial charge in [0.1, 0.15) is 5.75 Å². The molecule has 0 aliphatic carbocycles. The lowest BCUT2D eigenvalue weighted by molar-refractivity contribution is -0.385. The monoisotopic (exact) mass is 533 g/mol. The van der Waals surface area contributed by atoms with E-state index in [1.165, 1.54) is 18.3 Å². The fourth-order valence-electron chi connectivity index (χ4n) is 1.93. The lowest BCUT2D eigenvalue weighted by Crippen LogP contribution is -2.24. The van der Waals surface area contributed by atoms with E-state index < -0.39 is 17.4 Å². The van der Waals surface area contributed by atoms with Crippen LogP contribution in [-0.2, 0) is 4.79 Å². The van der Waals surface area contributed by atoms with Crippen LogP contribution in [-0.4, -0.2) is 28.8 Å². The minimum Gasteiger partial charge on any atom is -0.506 e. The van der Waals surface area contributed by atoms with Gasteiger partial charge in [-0.2, -0.15) is 5.10 Å². The molecule has 0 heterocycles. The molecule has 0 saturated carbocycles. The summed E-state index contributed by atoms with van der Waals surface area (Å²) >= 11 is 5.27. The number of carbonyl (C=O) groups is 1. The molecule has 0 atom stereocenters. The third kappa shape index (κ3) is 5.39. The molecule has 0 aliphatic heterocycles. The normalized spacial score (nSPS) is 10.7. The maximum absolute atomic E-state index is 11.8. The number of nitro groups is 1. The third-order valence-corrected chi connectivity index (χ3v) is 4.40. The smallest absolute Gasteiger partial charge is 0.311 e. The molecule has 0 saturated heterocycles. The van der Waals surface area contributed by atoms with Crippen LogP contribution in [0.4, 0.5) is 5.69 Å². The number of rotatable bonds is 6. The average molecular weight is 534 g/mol. The first-order chi connectivity index (χ1) is 12.3. The SMILES string of the molecule is Cc1ccc(OCC(=O)N/N=C\c2cc(Br)cc(I)c2O)c([N+](=O)[O-])c1. The average Bonchev–Trinajstić information content (AvgIpc) is 2.57. The number of aromatic hydroxyl groups is 1. The van der Waals surface area contributed by atoms with Crippen molar-refractivity contribution in [2.24, 2.45) is 5.10 Å². The number of ether oxygens (including phenoxy) is 1. The van der Waals surface area contributed by atoms with Gasteiger partial charge in [-0.25, -0.2) is 5.43 Å². The fourth-order valence-corrected chi connectivity index (χ4v) is 3.48. The molecule has 10 heteroatoms. The number of hydrazone groups is 1. The number of nitrogens with zero attached hydrogens (tertiary/aromatic N) is 2. The van der Waals surface area contributed by atoms with Gasteiger partial charge in [-0.15, -0.1) is 0 Å². The molecule has 0 aliphatic rings. The summed E-state index contributed by atoms with van der Waals surface area (Å²) in [5.74, 6) is -0.558. The van der Waals surface area contributed by atoms with Gasteiger partial charge < -0.3 is 9.84 Å². The van der Waals surface area contributed by atoms with Gasteiger partial charge in [-0.1, -0.05) is 22.0 Å². The highest BCUT2D eigenvalue weighted by Gasteiger charge is 2.16. The number of amides is 1. The standard InChI is InChI=1S/C16H13BrIN3O5/c1-9-2-3-14(13(4-9)21(24)25)26-8-15(22)20-19-7-10-5-11(17)6-12(18)16(10)23/h2-7,23H,8H2,1H3,(H,20,22)/b19-7-. The highest BCUT2D eigenvalue weighted by Crippen LogP contribution is 2.28. The number of nitrogens with one attached hydrogen (secondary N) is 1. The first-order valence-electron chi connectivity index (χ1n) is 7.15. The van der Waals surface area contributed by atoms with Gasteiger partial charge in [-0.3, -0.25) is 14.9 Å². The number of hydrogen-bond acceptors (Lipinski definition) is 6. The number of hydrogen-bond donors (Lipinski definition) is 2. The zero-order chi connectivity index (χ0) is 19.3. The number of nitro benzene ring substituents is 1. The topological polar surface area (TPSA) is 114 Å². The van der Waals surface area contributed by atoms with E-state index in [1.54, 1.807) is 25.1 Å². The zero-order valence-corrected chi connectivity index (χ0v) is 17.1. The Hall–Kier alpha value is -2.21. The van der Waals surface area contributed by atoms with Crippen molar-refractivity contribution in [1.82, 2.24) is 5.43 Å². The Labute approximate surface area is 170 Å². The molecule has 0 aromatic heterocycles. The van der Waals surface area contributed by atoms with E-state index in [1.807, 2.05) is 22.6 Å². The van der Waals surface area contributed by atoms with Crippen molar-refractivity contribution in [3.8, 4) is 11.5 Å². The van der Waals surface area contributed by atoms with Crippen molar-refractivity contribution in [2.75, 3.05) is 6.61 Å². The highest BCUT2D eigenvalue weighted by molar-refractivity contribution is 14.1. The van der Waals surface area contributed by atoms with Gasteiger partial charge in [0.15, 0.2) is 12.4 Å². The molecule has 2 N–H and O–H groups in total. The summed E-state index contributed by atoms with van der Waals surface area (Å²) in [7, 11) is 0. The second-order valence-corrected chi connectivity index (χ2v) is 7.21. The molecule has 8 nitrogen and oxygen atoms in total. The maximum Gasteiger partial charge on any atom is 0.311 e. The molecule has 2 rings (SSSR count). The second-order valence-electron chi connectivity index (χ2n) is 5.14. The number of halogens is 2. The molecule has 1 amide bonds. The van der Waals surface area contributed by atoms with Crippen molar-refractivity contribution in [3.63, 3.8) is 0 Å². The third-order valence-electron chi connectivity index (χ3n) is 3.12. The Bertz CT molecular complexity index is 888. The minimum absolute atomic E-state index is 0.00100. The number of benzene rings is 2. The van der Waals surface area contributed by atoms with Gasteiger partial charge in [-0.05, 0) is 53.3 Å². The Morgan fingerprint density at radius 2 is 2.19 bits per heavy atom. The Morgan fingerprint density at radius 3 is 2.88 bits per heavy atom. The van der Waals surface area contributed by atoms with Gasteiger partial charge >= 0.3 is 5.69 Å². The van der Waals surface area contributed by atoms with Crippen molar-refractivity contribution in [3.05, 3.63) is 59.6 Å². The van der Waals surface area contributed by atoms with Gasteiger partial charge in [0.25, 0.3) is 5.91 Å². The van der Waals surface area contributed by atoms with Crippen LogP contribution in [0.15, 0.2) is 39.9 Å². The van der Waals surface area contributed by atoms with Crippen LogP contribution in [0, 0.1) is 20.6 Å². The van der Waals surface area contributed by atoms with E-state index in [0.29, 0.717) is 14.7 Å². The minimum atomic E-state index is -0.597. The lowest BCUT2D eigenvalue weighted by atomic mass is 10.2. The molecule has 0 radical (unpaired) electrons. The van der Waals surface area contributed by atoms with Crippen LogP contribution >= 0.6 is 38.5 Å². The largest absolute Gasteiger partial charge is 0.506 e. The first-order valence-corrected chi connectivity index (χ1v) is 9.03. The van der Waals surface area contributed by atoms with Crippen molar-refractivity contribution < 1.29 is 19.6 Å². The molecule has 2 aromatic carbocycles. The summed E-state index contributed by atoms with van der Waals surface area (Å²) < 4.78 is 6.57. The van der Waals surface area contributed by atoms with E-state index in [0.717, 1.165) is 4.47 Å². The van der Waals surface area contributed by atoms with E-state index in [2.05, 4.69) is 26.5 Å². The van der Waals surface area contributed by atoms with Crippen LogP contribution in [0.5, 0.6) is 11.5 Å². The van der Waals surface area contributed by atoms with E-state index in [4.69, 9.17) is 4.74 Å². The molecule has 0 bridgehead atoms. The zero-order valence-electron chi connectivity index (χ0n) is 13.4. The lowest BCUT2D eigenvalue weighted by Gasteiger charge is -2.06. The molecular weight excluding hydrogens is 521 g/mol. The Kier molecular flexibility index (Phi) is 6.91. The van der Waals surface area contributed by atoms with E-state index >= 15 is 0 Å². The second kappa shape index (κ2) is 8.94. The summed E-state index contributed by atoms with van der Waals surface area (Å²) in [5.41, 5.74) is 3.15. The van der Waals surface area contributed by atoms with Crippen LogP contribution < -0.4 is 10.2 Å². The van der Waals surface area contributed by atoms with Crippen molar-refractivity contribution >= 4 is 56.3 Å². The first kappa shape index (κ1) is 20.1. The van der Waals surface area contributed by atoms with Crippen molar-refractivity contribution in [2.45, 2.75) is 6.92 Å². The molecular formula is C16H13BrIN3O5. The summed E-state index contributed by atoms with van der Waals surface area (Å²) in [6.07, 6.45) is 1.29. The Balaban J connectivity index is 1.97. The predicted octanol–water partition coefficient (Wildman–Crippen LogP) is 3.51. The van der Waals surface area contributed by atoms with Crippen LogP contribution in [0.25, 0.3) is 0 Å². The number of phenols is 1. The molecule has 0 unspecified atom stereocenters. The Morgan fingerprint density at radius 1 is 1.46 bits per heavy atom. The summed E-state index contributed by atoms with van der Waals surface area (Å²) in [4.78, 5) is 22.2. The fraction of sp³-hybridized carbons (Fsp3) is 0.125. The molecule has 0 fully saturated rings. The number of carbonyl (C=O) groups excluding carboxylic acids is 1. The van der Waals surface area contributed by atoms with Crippen LogP contribution in [0.3, 0.4) is 0 Å². The van der Waals surface area contributed by atoms with Crippen LogP contribution in [0.2, 0.25) is 0 Å². The van der Waals surface area contributed by atoms with Crippen molar-refractivity contribution in [1.29, 1.82) is 0 Å². The highest BCUT2D eigenvalue weighted by atomic mass is 127. The molecule has 26 heavy (non-hydrogen) atoms. The van der Waals surface area contributed by atoms with Gasteiger partial charge in [0, 0.05) is 16.1 Å². The van der Waals surface area contributed by atoms with Gasteiger partial charge in [0.2, 0.25) is 0 Å². The summed E-state index contributed by atoms with van der Waals surface area (Å²) in [6.45, 7) is 1.28. The van der Waals surface area contributed by atoms with Gasteiger partial charge in [0.05, 0.1) is 14.7 Å². The molecule has 2 aromatic rings. The molecule has 0 spiro atoms. The summed E-state index contributed by atoms with van der Waals surface area (Å²) in [5, 5.41) is 24.7. The number of aryl methyl sites for hydroxylation is 1.